The first kappa shape index (κ1) is 7.04. The van der Waals surface area contributed by atoms with Crippen LogP contribution in [-0.4, -0.2) is 6.29 Å². The van der Waals surface area contributed by atoms with Crippen LogP contribution in [0.4, 0.5) is 0 Å². The van der Waals surface area contributed by atoms with Crippen molar-refractivity contribution >= 4 is 17.1 Å². The van der Waals surface area contributed by atoms with Gasteiger partial charge in [-0.15, -0.1) is 0 Å². The molecule has 0 N–H and O–H groups in total. The van der Waals surface area contributed by atoms with Crippen LogP contribution in [0.25, 0.3) is 10.8 Å². The summed E-state index contributed by atoms with van der Waals surface area (Å²) in [6.07, 6.45) is 0.871. The Morgan fingerprint density at radius 2 is 2.00 bits per heavy atom. The fourth-order valence-corrected chi connectivity index (χ4v) is 1.27. The maximum absolute atomic E-state index is 10.6. The Bertz CT molecular complexity index is 413. The molecule has 0 heterocycles. The Labute approximate surface area is 70.6 Å². The second kappa shape index (κ2) is 2.78. The van der Waals surface area contributed by atoms with Crippen molar-refractivity contribution in [2.75, 3.05) is 0 Å². The van der Waals surface area contributed by atoms with Crippen molar-refractivity contribution in [3.05, 3.63) is 48.0 Å². The molecule has 0 bridgehead atoms. The SMILES string of the molecule is O=Cc1cc[c]c2ccccc12. The van der Waals surface area contributed by atoms with Gasteiger partial charge in [-0.25, -0.2) is 0 Å². The Hall–Kier alpha value is -1.63. The minimum absolute atomic E-state index is 0.726. The van der Waals surface area contributed by atoms with Crippen LogP contribution in [-0.2, 0) is 0 Å². The number of benzene rings is 2. The summed E-state index contributed by atoms with van der Waals surface area (Å²) in [5.74, 6) is 0. The van der Waals surface area contributed by atoms with E-state index in [1.807, 2.05) is 24.3 Å². The van der Waals surface area contributed by atoms with E-state index in [0.29, 0.717) is 0 Å². The molecule has 1 heteroatoms. The molecule has 2 aromatic rings. The number of carbonyl (C=O) groups excluding carboxylic acids is 1. The fraction of sp³-hybridized carbons (Fsp3) is 0. The Morgan fingerprint density at radius 3 is 2.83 bits per heavy atom. The lowest BCUT2D eigenvalue weighted by atomic mass is 10.1. The van der Waals surface area contributed by atoms with Gasteiger partial charge in [-0.3, -0.25) is 4.79 Å². The van der Waals surface area contributed by atoms with E-state index in [-0.39, 0.29) is 0 Å². The summed E-state index contributed by atoms with van der Waals surface area (Å²) in [7, 11) is 0. The molecule has 57 valence electrons. The number of hydrogen-bond acceptors (Lipinski definition) is 1. The van der Waals surface area contributed by atoms with E-state index in [0.717, 1.165) is 22.6 Å². The fourth-order valence-electron chi connectivity index (χ4n) is 1.27. The quantitative estimate of drug-likeness (QED) is 0.578. The molecule has 0 saturated heterocycles. The van der Waals surface area contributed by atoms with E-state index in [9.17, 15) is 4.79 Å². The third kappa shape index (κ3) is 0.996. The van der Waals surface area contributed by atoms with Crippen LogP contribution < -0.4 is 0 Å². The third-order valence-corrected chi connectivity index (χ3v) is 1.87. The minimum Gasteiger partial charge on any atom is -0.298 e. The highest BCUT2D eigenvalue weighted by atomic mass is 16.1. The molecule has 2 rings (SSSR count). The topological polar surface area (TPSA) is 17.1 Å². The van der Waals surface area contributed by atoms with Crippen molar-refractivity contribution in [2.24, 2.45) is 0 Å². The molecule has 0 aliphatic carbocycles. The van der Waals surface area contributed by atoms with Crippen LogP contribution in [0.1, 0.15) is 10.4 Å². The van der Waals surface area contributed by atoms with Crippen molar-refractivity contribution in [3.8, 4) is 0 Å². The number of fused-ring (bicyclic) bond motifs is 1. The van der Waals surface area contributed by atoms with Crippen molar-refractivity contribution in [1.29, 1.82) is 0 Å². The number of rotatable bonds is 1. The van der Waals surface area contributed by atoms with Gasteiger partial charge in [0.25, 0.3) is 0 Å². The first-order valence-corrected chi connectivity index (χ1v) is 3.76. The van der Waals surface area contributed by atoms with Gasteiger partial charge >= 0.3 is 0 Å². The minimum atomic E-state index is 0.726. The molecule has 2 aromatic carbocycles. The normalized spacial score (nSPS) is 10.0. The van der Waals surface area contributed by atoms with Crippen LogP contribution in [0, 0.1) is 6.07 Å². The maximum atomic E-state index is 10.6. The second-order valence-electron chi connectivity index (χ2n) is 2.60. The molecule has 0 atom stereocenters. The smallest absolute Gasteiger partial charge is 0.150 e. The van der Waals surface area contributed by atoms with Crippen LogP contribution in [0.5, 0.6) is 0 Å². The van der Waals surface area contributed by atoms with Gasteiger partial charge in [0.05, 0.1) is 0 Å². The highest BCUT2D eigenvalue weighted by Crippen LogP contribution is 2.15. The summed E-state index contributed by atoms with van der Waals surface area (Å²) >= 11 is 0. The lowest BCUT2D eigenvalue weighted by Crippen LogP contribution is -1.81. The molecule has 1 radical (unpaired) electrons. The van der Waals surface area contributed by atoms with E-state index in [1.165, 1.54) is 0 Å². The molecule has 0 aliphatic rings. The van der Waals surface area contributed by atoms with Gasteiger partial charge in [-0.05, 0) is 16.8 Å². The monoisotopic (exact) mass is 155 g/mol. The van der Waals surface area contributed by atoms with Gasteiger partial charge in [-0.1, -0.05) is 36.4 Å². The van der Waals surface area contributed by atoms with Crippen molar-refractivity contribution in [1.82, 2.24) is 0 Å². The van der Waals surface area contributed by atoms with Crippen molar-refractivity contribution in [2.45, 2.75) is 0 Å². The Kier molecular flexibility index (Phi) is 1.63. The van der Waals surface area contributed by atoms with E-state index in [1.54, 1.807) is 12.1 Å². The molecule has 0 aromatic heterocycles. The maximum Gasteiger partial charge on any atom is 0.150 e. The van der Waals surface area contributed by atoms with E-state index < -0.39 is 0 Å². The lowest BCUT2D eigenvalue weighted by Gasteiger charge is -1.97. The molecular weight excluding hydrogens is 148 g/mol. The van der Waals surface area contributed by atoms with E-state index in [2.05, 4.69) is 6.07 Å². The molecule has 12 heavy (non-hydrogen) atoms. The summed E-state index contributed by atoms with van der Waals surface area (Å²) < 4.78 is 0. The van der Waals surface area contributed by atoms with Gasteiger partial charge in [0, 0.05) is 5.56 Å². The summed E-state index contributed by atoms with van der Waals surface area (Å²) in [6, 6.07) is 14.3. The molecule has 0 aliphatic heterocycles. The van der Waals surface area contributed by atoms with Crippen LogP contribution in [0.3, 0.4) is 0 Å². The average molecular weight is 155 g/mol. The van der Waals surface area contributed by atoms with Crippen molar-refractivity contribution < 1.29 is 4.79 Å². The zero-order valence-electron chi connectivity index (χ0n) is 6.45. The van der Waals surface area contributed by atoms with E-state index in [4.69, 9.17) is 0 Å². The second-order valence-corrected chi connectivity index (χ2v) is 2.60. The first-order valence-electron chi connectivity index (χ1n) is 3.76. The van der Waals surface area contributed by atoms with Crippen LogP contribution >= 0.6 is 0 Å². The highest BCUT2D eigenvalue weighted by molar-refractivity contribution is 5.97. The largest absolute Gasteiger partial charge is 0.298 e. The molecular formula is C11H7O. The Balaban J connectivity index is 2.88. The predicted octanol–water partition coefficient (Wildman–Crippen LogP) is 2.45. The lowest BCUT2D eigenvalue weighted by molar-refractivity contribution is 0.112. The molecule has 0 spiro atoms. The summed E-state index contributed by atoms with van der Waals surface area (Å²) in [5, 5.41) is 1.96. The Morgan fingerprint density at radius 1 is 1.17 bits per heavy atom. The summed E-state index contributed by atoms with van der Waals surface area (Å²) in [4.78, 5) is 10.6. The van der Waals surface area contributed by atoms with Gasteiger partial charge in [0.1, 0.15) is 0 Å². The van der Waals surface area contributed by atoms with Gasteiger partial charge in [0.15, 0.2) is 6.29 Å². The first-order chi connectivity index (χ1) is 5.92. The molecule has 0 saturated carbocycles. The number of hydrogen-bond donors (Lipinski definition) is 0. The predicted molar refractivity (Wildman–Crippen MR) is 48.2 cm³/mol. The number of aldehydes is 1. The van der Waals surface area contributed by atoms with Crippen LogP contribution in [0.2, 0.25) is 0 Å². The molecule has 1 nitrogen and oxygen atoms in total. The van der Waals surface area contributed by atoms with Gasteiger partial charge in [0.2, 0.25) is 0 Å². The van der Waals surface area contributed by atoms with Crippen LogP contribution in [0.15, 0.2) is 36.4 Å². The zero-order chi connectivity index (χ0) is 8.39. The number of carbonyl (C=O) groups is 1. The van der Waals surface area contributed by atoms with E-state index >= 15 is 0 Å². The van der Waals surface area contributed by atoms with Crippen molar-refractivity contribution in [3.63, 3.8) is 0 Å². The average Bonchev–Trinajstić information content (AvgIpc) is 2.17. The van der Waals surface area contributed by atoms with Gasteiger partial charge < -0.3 is 0 Å². The molecule has 0 fully saturated rings. The third-order valence-electron chi connectivity index (χ3n) is 1.87. The highest BCUT2D eigenvalue weighted by Gasteiger charge is 1.96. The zero-order valence-corrected chi connectivity index (χ0v) is 6.45. The summed E-state index contributed by atoms with van der Waals surface area (Å²) in [6.45, 7) is 0. The standard InChI is InChI=1S/C11H7O/c12-8-10-6-3-5-9-4-1-2-7-11(9)10/h1-4,6-8H. The molecule has 0 amide bonds. The van der Waals surface area contributed by atoms with Gasteiger partial charge in [-0.2, -0.15) is 0 Å². The summed E-state index contributed by atoms with van der Waals surface area (Å²) in [5.41, 5.74) is 0.726. The molecule has 0 unspecified atom stereocenters.